The van der Waals surface area contributed by atoms with E-state index in [-0.39, 0.29) is 5.91 Å². The van der Waals surface area contributed by atoms with Crippen molar-refractivity contribution in [3.8, 4) is 17.2 Å². The van der Waals surface area contributed by atoms with Gasteiger partial charge in [-0.25, -0.2) is 0 Å². The summed E-state index contributed by atoms with van der Waals surface area (Å²) in [5.41, 5.74) is 2.63. The molecule has 2 aromatic heterocycles. The number of fused-ring (bicyclic) bond motifs is 1. The fourth-order valence-corrected chi connectivity index (χ4v) is 3.84. The van der Waals surface area contributed by atoms with E-state index in [1.807, 2.05) is 41.1 Å². The van der Waals surface area contributed by atoms with Crippen LogP contribution < -0.4 is 19.5 Å². The molecule has 0 fully saturated rings. The summed E-state index contributed by atoms with van der Waals surface area (Å²) in [5.74, 6) is 1.55. The predicted octanol–water partition coefficient (Wildman–Crippen LogP) is 3.68. The molecule has 0 spiro atoms. The number of methoxy groups -OCH3 is 3. The highest BCUT2D eigenvalue weighted by atomic mass is 32.1. The maximum Gasteiger partial charge on any atom is 0.268 e. The minimum atomic E-state index is -0.107. The molecule has 138 valence electrons. The van der Waals surface area contributed by atoms with Crippen molar-refractivity contribution in [2.75, 3.05) is 21.3 Å². The summed E-state index contributed by atoms with van der Waals surface area (Å²) < 4.78 is 19.2. The van der Waals surface area contributed by atoms with E-state index in [1.165, 1.54) is 0 Å². The Morgan fingerprint density at radius 1 is 1.12 bits per heavy atom. The number of benzene rings is 1. The molecule has 6 nitrogen and oxygen atoms in total. The lowest BCUT2D eigenvalue weighted by Crippen LogP contribution is -2.25. The van der Waals surface area contributed by atoms with Crippen molar-refractivity contribution in [2.45, 2.75) is 20.0 Å². The Balaban J connectivity index is 1.81. The van der Waals surface area contributed by atoms with Crippen LogP contribution in [0.3, 0.4) is 0 Å². The van der Waals surface area contributed by atoms with Gasteiger partial charge in [-0.2, -0.15) is 0 Å². The maximum absolute atomic E-state index is 12.7. The summed E-state index contributed by atoms with van der Waals surface area (Å²) in [4.78, 5) is 12.7. The van der Waals surface area contributed by atoms with Crippen molar-refractivity contribution in [1.82, 2.24) is 9.88 Å². The number of nitrogens with one attached hydrogen (secondary N) is 1. The van der Waals surface area contributed by atoms with Gasteiger partial charge >= 0.3 is 0 Å². The van der Waals surface area contributed by atoms with Crippen molar-refractivity contribution in [3.63, 3.8) is 0 Å². The Hall–Kier alpha value is -2.67. The first kappa shape index (κ1) is 18.1. The van der Waals surface area contributed by atoms with Gasteiger partial charge in [-0.3, -0.25) is 4.79 Å². The molecule has 0 bridgehead atoms. The first-order chi connectivity index (χ1) is 12.6. The number of carbonyl (C=O) groups is 1. The number of thiophene rings is 1. The minimum absolute atomic E-state index is 0.107. The molecule has 3 aromatic rings. The molecule has 0 aliphatic heterocycles. The zero-order chi connectivity index (χ0) is 18.7. The fourth-order valence-electron chi connectivity index (χ4n) is 3.02. The van der Waals surface area contributed by atoms with Gasteiger partial charge in [0.2, 0.25) is 5.75 Å². The van der Waals surface area contributed by atoms with Gasteiger partial charge in [-0.1, -0.05) is 0 Å². The Morgan fingerprint density at radius 3 is 2.38 bits per heavy atom. The molecule has 0 aliphatic carbocycles. The van der Waals surface area contributed by atoms with Crippen molar-refractivity contribution in [2.24, 2.45) is 0 Å². The van der Waals surface area contributed by atoms with Crippen molar-refractivity contribution < 1.29 is 19.0 Å². The quantitative estimate of drug-likeness (QED) is 0.685. The molecule has 0 atom stereocenters. The monoisotopic (exact) mass is 374 g/mol. The summed E-state index contributed by atoms with van der Waals surface area (Å²) in [6.45, 7) is 3.14. The highest BCUT2D eigenvalue weighted by molar-refractivity contribution is 7.17. The van der Waals surface area contributed by atoms with E-state index in [4.69, 9.17) is 14.2 Å². The van der Waals surface area contributed by atoms with Gasteiger partial charge < -0.3 is 24.1 Å². The van der Waals surface area contributed by atoms with Crippen LogP contribution in [0.4, 0.5) is 0 Å². The van der Waals surface area contributed by atoms with Gasteiger partial charge in [0, 0.05) is 13.1 Å². The number of rotatable bonds is 7. The van der Waals surface area contributed by atoms with Crippen LogP contribution in [0.2, 0.25) is 0 Å². The van der Waals surface area contributed by atoms with E-state index in [1.54, 1.807) is 32.7 Å². The first-order valence-corrected chi connectivity index (χ1v) is 9.14. The molecule has 1 N–H and O–H groups in total. The average Bonchev–Trinajstić information content (AvgIpc) is 3.25. The summed E-state index contributed by atoms with van der Waals surface area (Å²) in [6, 6.07) is 7.64. The Labute approximate surface area is 156 Å². The van der Waals surface area contributed by atoms with Crippen LogP contribution in [0.25, 0.3) is 10.2 Å². The summed E-state index contributed by atoms with van der Waals surface area (Å²) >= 11 is 1.64. The number of aryl methyl sites for hydroxylation is 1. The standard InChI is InChI=1S/C19H22N2O4S/c1-5-21-13-6-7-26-17(13)10-14(21)19(22)20-11-12-8-15(23-2)18(25-4)16(9-12)24-3/h6-10H,5,11H2,1-4H3,(H,20,22). The molecule has 0 aliphatic rings. The molecular formula is C19H22N2O4S. The molecule has 0 radical (unpaired) electrons. The lowest BCUT2D eigenvalue weighted by atomic mass is 10.1. The molecule has 3 rings (SSSR count). The Kier molecular flexibility index (Phi) is 5.37. The van der Waals surface area contributed by atoms with Crippen LogP contribution in [0.5, 0.6) is 17.2 Å². The molecule has 2 heterocycles. The largest absolute Gasteiger partial charge is 0.493 e. The molecule has 7 heteroatoms. The zero-order valence-electron chi connectivity index (χ0n) is 15.3. The molecule has 1 aromatic carbocycles. The highest BCUT2D eigenvalue weighted by Gasteiger charge is 2.17. The van der Waals surface area contributed by atoms with E-state index in [0.717, 1.165) is 22.3 Å². The van der Waals surface area contributed by atoms with Gasteiger partial charge in [0.1, 0.15) is 5.69 Å². The van der Waals surface area contributed by atoms with Crippen molar-refractivity contribution >= 4 is 27.5 Å². The zero-order valence-corrected chi connectivity index (χ0v) is 16.1. The van der Waals surface area contributed by atoms with Crippen LogP contribution in [-0.2, 0) is 13.1 Å². The number of aromatic nitrogens is 1. The van der Waals surface area contributed by atoms with Gasteiger partial charge in [-0.15, -0.1) is 11.3 Å². The van der Waals surface area contributed by atoms with E-state index in [2.05, 4.69) is 5.32 Å². The van der Waals surface area contributed by atoms with Crippen molar-refractivity contribution in [3.05, 3.63) is 40.9 Å². The SMILES string of the molecule is CCn1c(C(=O)NCc2cc(OC)c(OC)c(OC)c2)cc2sccc21. The topological polar surface area (TPSA) is 61.7 Å². The number of amides is 1. The maximum atomic E-state index is 12.7. The van der Waals surface area contributed by atoms with E-state index in [0.29, 0.717) is 29.5 Å². The van der Waals surface area contributed by atoms with E-state index < -0.39 is 0 Å². The van der Waals surface area contributed by atoms with Crippen molar-refractivity contribution in [1.29, 1.82) is 0 Å². The molecule has 1 amide bonds. The number of ether oxygens (including phenoxy) is 3. The number of hydrogen-bond donors (Lipinski definition) is 1. The second kappa shape index (κ2) is 7.70. The first-order valence-electron chi connectivity index (χ1n) is 8.26. The van der Waals surface area contributed by atoms with Crippen LogP contribution in [-0.4, -0.2) is 31.8 Å². The predicted molar refractivity (Wildman–Crippen MR) is 103 cm³/mol. The lowest BCUT2D eigenvalue weighted by Gasteiger charge is -2.14. The number of hydrogen-bond acceptors (Lipinski definition) is 5. The number of carbonyl (C=O) groups excluding carboxylic acids is 1. The van der Waals surface area contributed by atoms with E-state index >= 15 is 0 Å². The third-order valence-corrected chi connectivity index (χ3v) is 5.10. The van der Waals surface area contributed by atoms with Gasteiger partial charge in [-0.05, 0) is 42.1 Å². The molecule has 0 saturated heterocycles. The second-order valence-electron chi connectivity index (χ2n) is 5.66. The third-order valence-electron chi connectivity index (χ3n) is 4.25. The van der Waals surface area contributed by atoms with Gasteiger partial charge in [0.25, 0.3) is 5.91 Å². The molecule has 0 unspecified atom stereocenters. The van der Waals surface area contributed by atoms with Crippen LogP contribution in [0.1, 0.15) is 23.0 Å². The third kappa shape index (κ3) is 3.22. The Morgan fingerprint density at radius 2 is 1.81 bits per heavy atom. The van der Waals surface area contributed by atoms with Gasteiger partial charge in [0.15, 0.2) is 11.5 Å². The van der Waals surface area contributed by atoms with Crippen LogP contribution in [0, 0.1) is 0 Å². The number of nitrogens with zero attached hydrogens (tertiary/aromatic N) is 1. The van der Waals surface area contributed by atoms with Crippen LogP contribution in [0.15, 0.2) is 29.6 Å². The lowest BCUT2D eigenvalue weighted by molar-refractivity contribution is 0.0942. The highest BCUT2D eigenvalue weighted by Crippen LogP contribution is 2.38. The molecule has 26 heavy (non-hydrogen) atoms. The second-order valence-corrected chi connectivity index (χ2v) is 6.61. The fraction of sp³-hybridized carbons (Fsp3) is 0.316. The van der Waals surface area contributed by atoms with E-state index in [9.17, 15) is 4.79 Å². The molecular weight excluding hydrogens is 352 g/mol. The van der Waals surface area contributed by atoms with Gasteiger partial charge in [0.05, 0.1) is 31.5 Å². The summed E-state index contributed by atoms with van der Waals surface area (Å²) in [6.07, 6.45) is 0. The summed E-state index contributed by atoms with van der Waals surface area (Å²) in [5, 5.41) is 5.01. The Bertz CT molecular complexity index is 904. The minimum Gasteiger partial charge on any atom is -0.493 e. The molecule has 0 saturated carbocycles. The smallest absolute Gasteiger partial charge is 0.268 e. The average molecular weight is 374 g/mol. The normalized spacial score (nSPS) is 10.8. The summed E-state index contributed by atoms with van der Waals surface area (Å²) in [7, 11) is 4.70. The van der Waals surface area contributed by atoms with Crippen LogP contribution >= 0.6 is 11.3 Å².